The maximum absolute atomic E-state index is 13.5. The molecule has 1 saturated carbocycles. The monoisotopic (exact) mass is 610 g/mol. The number of nitrogens with zero attached hydrogens (tertiary/aromatic N) is 3. The van der Waals surface area contributed by atoms with Gasteiger partial charge < -0.3 is 16.0 Å². The minimum absolute atomic E-state index is 0.116. The molecular formula is C32H34ClF3N6O. The summed E-state index contributed by atoms with van der Waals surface area (Å²) in [6.07, 6.45) is 5.46. The van der Waals surface area contributed by atoms with Crippen LogP contribution >= 0.6 is 11.6 Å². The second-order valence-electron chi connectivity index (χ2n) is 10.9. The fourth-order valence-corrected chi connectivity index (χ4v) is 5.52. The van der Waals surface area contributed by atoms with Gasteiger partial charge in [0.2, 0.25) is 11.9 Å². The minimum atomic E-state index is -4.41. The Morgan fingerprint density at radius 1 is 0.907 bits per heavy atom. The zero-order valence-electron chi connectivity index (χ0n) is 23.6. The molecule has 0 spiro atoms. The van der Waals surface area contributed by atoms with Crippen LogP contribution < -0.4 is 16.0 Å². The number of anilines is 2. The van der Waals surface area contributed by atoms with E-state index in [0.717, 1.165) is 43.4 Å². The lowest BCUT2D eigenvalue weighted by molar-refractivity contribution is -0.137. The first-order valence-corrected chi connectivity index (χ1v) is 14.8. The average Bonchev–Trinajstić information content (AvgIpc) is 3.54. The van der Waals surface area contributed by atoms with Crippen LogP contribution in [0.1, 0.15) is 55.2 Å². The van der Waals surface area contributed by atoms with E-state index < -0.39 is 17.8 Å². The lowest BCUT2D eigenvalue weighted by Gasteiger charge is -2.27. The van der Waals surface area contributed by atoms with Crippen LogP contribution in [-0.2, 0) is 24.1 Å². The SMILES string of the molecule is O=C(NCc1ccc(C(F)(F)F)cc1)C(CC1CCCCC1)Nc1cc(NCc2cccc(Cl)c2)nc(-n2cccc2)n1. The number of aromatic nitrogens is 3. The third kappa shape index (κ3) is 8.73. The van der Waals surface area contributed by atoms with E-state index in [2.05, 4.69) is 20.9 Å². The van der Waals surface area contributed by atoms with Crippen LogP contribution in [0.25, 0.3) is 5.95 Å². The fraction of sp³-hybridized carbons (Fsp3) is 0.344. The largest absolute Gasteiger partial charge is 0.416 e. The molecule has 4 aromatic rings. The molecule has 0 bridgehead atoms. The zero-order chi connectivity index (χ0) is 30.2. The predicted molar refractivity (Wildman–Crippen MR) is 162 cm³/mol. The van der Waals surface area contributed by atoms with Crippen molar-refractivity contribution in [3.05, 3.63) is 101 Å². The van der Waals surface area contributed by atoms with E-state index >= 15 is 0 Å². The zero-order valence-corrected chi connectivity index (χ0v) is 24.3. The maximum atomic E-state index is 13.5. The van der Waals surface area contributed by atoms with Crippen LogP contribution in [0, 0.1) is 5.92 Å². The van der Waals surface area contributed by atoms with Gasteiger partial charge in [0.25, 0.3) is 0 Å². The number of carbonyl (C=O) groups is 1. The van der Waals surface area contributed by atoms with E-state index in [1.165, 1.54) is 18.6 Å². The second-order valence-corrected chi connectivity index (χ2v) is 11.3. The Bertz CT molecular complexity index is 1490. The number of amides is 1. The summed E-state index contributed by atoms with van der Waals surface area (Å²) < 4.78 is 40.7. The fourth-order valence-electron chi connectivity index (χ4n) is 5.31. The highest BCUT2D eigenvalue weighted by Gasteiger charge is 2.30. The summed E-state index contributed by atoms with van der Waals surface area (Å²) in [5, 5.41) is 10.2. The first-order chi connectivity index (χ1) is 20.7. The van der Waals surface area contributed by atoms with Crippen LogP contribution in [0.4, 0.5) is 24.8 Å². The molecule has 1 amide bonds. The highest BCUT2D eigenvalue weighted by Crippen LogP contribution is 2.30. The molecule has 11 heteroatoms. The Morgan fingerprint density at radius 3 is 2.33 bits per heavy atom. The van der Waals surface area contributed by atoms with Crippen molar-refractivity contribution in [1.82, 2.24) is 19.9 Å². The molecule has 3 N–H and O–H groups in total. The standard InChI is InChI=1S/C32H34ClF3N6O/c33-26-10-6-9-24(17-26)21-37-28-19-29(41-31(40-28)42-15-4-5-16-42)39-27(18-22-7-2-1-3-8-22)30(43)38-20-23-11-13-25(14-12-23)32(34,35)36/h4-6,9-17,19,22,27H,1-3,7-8,18,20-21H2,(H,38,43)(H2,37,39,40,41). The Kier molecular flexibility index (Phi) is 9.86. The van der Waals surface area contributed by atoms with Crippen molar-refractivity contribution in [2.45, 2.75) is 63.8 Å². The molecule has 226 valence electrons. The van der Waals surface area contributed by atoms with Crippen molar-refractivity contribution >= 4 is 29.1 Å². The van der Waals surface area contributed by atoms with E-state index in [0.29, 0.717) is 47.1 Å². The molecule has 5 rings (SSSR count). The molecule has 1 unspecified atom stereocenters. The minimum Gasteiger partial charge on any atom is -0.366 e. The Morgan fingerprint density at radius 2 is 1.63 bits per heavy atom. The molecule has 0 saturated heterocycles. The Labute approximate surface area is 253 Å². The van der Waals surface area contributed by atoms with Gasteiger partial charge in [-0.1, -0.05) is 68.0 Å². The van der Waals surface area contributed by atoms with Crippen LogP contribution in [0.15, 0.2) is 79.1 Å². The molecule has 43 heavy (non-hydrogen) atoms. The molecule has 1 aliphatic carbocycles. The summed E-state index contributed by atoms with van der Waals surface area (Å²) in [7, 11) is 0. The third-order valence-electron chi connectivity index (χ3n) is 7.59. The Balaban J connectivity index is 1.34. The number of carbonyl (C=O) groups excluding carboxylic acids is 1. The van der Waals surface area contributed by atoms with Gasteiger partial charge in [-0.15, -0.1) is 0 Å². The summed E-state index contributed by atoms with van der Waals surface area (Å²) >= 11 is 6.15. The van der Waals surface area contributed by atoms with Gasteiger partial charge in [0.15, 0.2) is 0 Å². The Hall–Kier alpha value is -4.05. The summed E-state index contributed by atoms with van der Waals surface area (Å²) in [5.41, 5.74) is 0.851. The average molecular weight is 611 g/mol. The molecule has 2 aromatic heterocycles. The van der Waals surface area contributed by atoms with Crippen molar-refractivity contribution in [3.63, 3.8) is 0 Å². The van der Waals surface area contributed by atoms with Gasteiger partial charge in [0.05, 0.1) is 5.56 Å². The van der Waals surface area contributed by atoms with Gasteiger partial charge in [0.1, 0.15) is 17.7 Å². The van der Waals surface area contributed by atoms with Crippen LogP contribution in [0.2, 0.25) is 5.02 Å². The molecule has 1 atom stereocenters. The topological polar surface area (TPSA) is 83.9 Å². The molecule has 0 radical (unpaired) electrons. The van der Waals surface area contributed by atoms with Crippen LogP contribution in [0.3, 0.4) is 0 Å². The number of nitrogens with one attached hydrogen (secondary N) is 3. The smallest absolute Gasteiger partial charge is 0.366 e. The van der Waals surface area contributed by atoms with Gasteiger partial charge in [-0.2, -0.15) is 23.1 Å². The molecule has 7 nitrogen and oxygen atoms in total. The first-order valence-electron chi connectivity index (χ1n) is 14.4. The van der Waals surface area contributed by atoms with Crippen molar-refractivity contribution in [2.24, 2.45) is 5.92 Å². The van der Waals surface area contributed by atoms with Crippen molar-refractivity contribution in [2.75, 3.05) is 10.6 Å². The lowest BCUT2D eigenvalue weighted by Crippen LogP contribution is -2.41. The van der Waals surface area contributed by atoms with E-state index in [1.54, 1.807) is 10.6 Å². The molecule has 1 fully saturated rings. The quantitative estimate of drug-likeness (QED) is 0.163. The summed E-state index contributed by atoms with van der Waals surface area (Å²) in [6.45, 7) is 0.603. The summed E-state index contributed by atoms with van der Waals surface area (Å²) in [6, 6.07) is 17.3. The molecule has 1 aliphatic rings. The maximum Gasteiger partial charge on any atom is 0.416 e. The van der Waals surface area contributed by atoms with E-state index in [9.17, 15) is 18.0 Å². The summed E-state index contributed by atoms with van der Waals surface area (Å²) in [4.78, 5) is 22.9. The normalized spacial score (nSPS) is 14.7. The van der Waals surface area contributed by atoms with E-state index in [1.807, 2.05) is 48.8 Å². The lowest BCUT2D eigenvalue weighted by atomic mass is 9.84. The number of hydrogen-bond acceptors (Lipinski definition) is 5. The number of halogens is 4. The molecule has 2 aromatic carbocycles. The second kappa shape index (κ2) is 13.9. The van der Waals surface area contributed by atoms with Gasteiger partial charge in [-0.25, -0.2) is 0 Å². The third-order valence-corrected chi connectivity index (χ3v) is 7.83. The van der Waals surface area contributed by atoms with Gasteiger partial charge in [-0.05, 0) is 59.9 Å². The molecular weight excluding hydrogens is 577 g/mol. The number of rotatable bonds is 11. The highest BCUT2D eigenvalue weighted by atomic mass is 35.5. The van der Waals surface area contributed by atoms with Gasteiger partial charge >= 0.3 is 6.18 Å². The number of benzene rings is 2. The van der Waals surface area contributed by atoms with Crippen LogP contribution in [-0.4, -0.2) is 26.5 Å². The number of hydrogen-bond donors (Lipinski definition) is 3. The summed E-state index contributed by atoms with van der Waals surface area (Å²) in [5.74, 6) is 1.64. The molecule has 2 heterocycles. The molecule has 0 aliphatic heterocycles. The van der Waals surface area contributed by atoms with Crippen molar-refractivity contribution in [1.29, 1.82) is 0 Å². The van der Waals surface area contributed by atoms with E-state index in [4.69, 9.17) is 16.6 Å². The first kappa shape index (κ1) is 30.4. The van der Waals surface area contributed by atoms with E-state index in [-0.39, 0.29) is 12.5 Å². The predicted octanol–water partition coefficient (Wildman–Crippen LogP) is 7.62. The van der Waals surface area contributed by atoms with Gasteiger partial charge in [-0.3, -0.25) is 9.36 Å². The number of alkyl halides is 3. The van der Waals surface area contributed by atoms with Crippen molar-refractivity contribution in [3.8, 4) is 5.95 Å². The van der Waals surface area contributed by atoms with Crippen LogP contribution in [0.5, 0.6) is 0 Å². The van der Waals surface area contributed by atoms with Gasteiger partial charge in [0, 0.05) is 36.6 Å². The highest BCUT2D eigenvalue weighted by molar-refractivity contribution is 6.30. The van der Waals surface area contributed by atoms with Crippen molar-refractivity contribution < 1.29 is 18.0 Å².